The Kier molecular flexibility index (Phi) is 6.23. The number of likely N-dealkylation sites (tertiary alicyclic amines) is 1. The molecule has 1 atom stereocenters. The van der Waals surface area contributed by atoms with Gasteiger partial charge in [0.2, 0.25) is 0 Å². The molecule has 1 aromatic rings. The van der Waals surface area contributed by atoms with Crippen LogP contribution in [0.2, 0.25) is 0 Å². The maximum absolute atomic E-state index is 4.64. The van der Waals surface area contributed by atoms with Crippen molar-refractivity contribution in [1.82, 2.24) is 14.9 Å². The van der Waals surface area contributed by atoms with E-state index in [0.29, 0.717) is 0 Å². The minimum atomic E-state index is 0.728. The molecule has 1 saturated heterocycles. The summed E-state index contributed by atoms with van der Waals surface area (Å²) in [4.78, 5) is 11.6. The van der Waals surface area contributed by atoms with Gasteiger partial charge < -0.3 is 15.5 Å². The molecule has 0 spiro atoms. The molecule has 2 N–H and O–H groups in total. The lowest BCUT2D eigenvalue weighted by molar-refractivity contribution is 0.399. The normalized spacial score (nSPS) is 18.9. The zero-order valence-corrected chi connectivity index (χ0v) is 13.7. The number of nitrogens with one attached hydrogen (secondary N) is 2. The molecule has 5 nitrogen and oxygen atoms in total. The third-order valence-corrected chi connectivity index (χ3v) is 3.86. The molecule has 0 bridgehead atoms. The summed E-state index contributed by atoms with van der Waals surface area (Å²) in [5.41, 5.74) is 0. The first kappa shape index (κ1) is 16.0. The van der Waals surface area contributed by atoms with Crippen molar-refractivity contribution in [3.05, 3.63) is 11.9 Å². The molecule has 118 valence electrons. The fraction of sp³-hybridized carbons (Fsp3) is 0.750. The van der Waals surface area contributed by atoms with E-state index < -0.39 is 0 Å². The van der Waals surface area contributed by atoms with Crippen molar-refractivity contribution in [2.45, 2.75) is 39.5 Å². The Morgan fingerprint density at radius 3 is 2.57 bits per heavy atom. The van der Waals surface area contributed by atoms with Gasteiger partial charge in [0.15, 0.2) is 0 Å². The van der Waals surface area contributed by atoms with Gasteiger partial charge >= 0.3 is 0 Å². The van der Waals surface area contributed by atoms with Crippen LogP contribution in [0.3, 0.4) is 0 Å². The number of hydrogen-bond acceptors (Lipinski definition) is 5. The van der Waals surface area contributed by atoms with Gasteiger partial charge in [-0.05, 0) is 38.8 Å². The number of nitrogens with zero attached hydrogens (tertiary/aromatic N) is 3. The Labute approximate surface area is 128 Å². The molecule has 0 aromatic carbocycles. The lowest BCUT2D eigenvalue weighted by atomic mass is 10.1. The Morgan fingerprint density at radius 1 is 1.19 bits per heavy atom. The van der Waals surface area contributed by atoms with E-state index in [1.807, 2.05) is 6.07 Å². The first-order valence-corrected chi connectivity index (χ1v) is 8.25. The Balaban J connectivity index is 1.97. The summed E-state index contributed by atoms with van der Waals surface area (Å²) in [6, 6.07) is 2.04. The molecule has 0 aliphatic carbocycles. The van der Waals surface area contributed by atoms with Crippen molar-refractivity contribution in [2.24, 2.45) is 5.92 Å². The van der Waals surface area contributed by atoms with Crippen molar-refractivity contribution < 1.29 is 0 Å². The molecule has 1 aliphatic heterocycles. The summed E-state index contributed by atoms with van der Waals surface area (Å²) in [6.07, 6.45) is 4.38. The maximum Gasteiger partial charge on any atom is 0.133 e. The Hall–Kier alpha value is -1.36. The van der Waals surface area contributed by atoms with Gasteiger partial charge in [0.1, 0.15) is 17.5 Å². The van der Waals surface area contributed by atoms with Crippen LogP contribution in [-0.2, 0) is 6.42 Å². The minimum Gasteiger partial charge on any atom is -0.370 e. The van der Waals surface area contributed by atoms with Crippen LogP contribution < -0.4 is 10.6 Å². The fourth-order valence-electron chi connectivity index (χ4n) is 2.71. The first-order valence-electron chi connectivity index (χ1n) is 8.25. The fourth-order valence-corrected chi connectivity index (χ4v) is 2.71. The third kappa shape index (κ3) is 5.16. The number of rotatable bonds is 8. The van der Waals surface area contributed by atoms with Gasteiger partial charge in [-0.3, -0.25) is 0 Å². The molecular weight excluding hydrogens is 262 g/mol. The van der Waals surface area contributed by atoms with Crippen LogP contribution in [-0.4, -0.2) is 48.1 Å². The average Bonchev–Trinajstić information content (AvgIpc) is 2.89. The SMILES string of the molecule is CCCNc1cc(NCC2CCN(C)C2)nc(CCC)n1. The summed E-state index contributed by atoms with van der Waals surface area (Å²) >= 11 is 0. The average molecular weight is 291 g/mol. The van der Waals surface area contributed by atoms with E-state index >= 15 is 0 Å². The van der Waals surface area contributed by atoms with Crippen molar-refractivity contribution >= 4 is 11.6 Å². The molecule has 1 aliphatic rings. The largest absolute Gasteiger partial charge is 0.370 e. The number of anilines is 2. The lowest BCUT2D eigenvalue weighted by Crippen LogP contribution is -2.20. The lowest BCUT2D eigenvalue weighted by Gasteiger charge is -2.14. The van der Waals surface area contributed by atoms with Crippen LogP contribution in [0.4, 0.5) is 11.6 Å². The monoisotopic (exact) mass is 291 g/mol. The number of hydrogen-bond donors (Lipinski definition) is 2. The second-order valence-corrected chi connectivity index (χ2v) is 6.03. The quantitative estimate of drug-likeness (QED) is 0.771. The summed E-state index contributed by atoms with van der Waals surface area (Å²) in [5, 5.41) is 6.87. The summed E-state index contributed by atoms with van der Waals surface area (Å²) in [6.45, 7) is 8.67. The molecule has 1 aromatic heterocycles. The van der Waals surface area contributed by atoms with Crippen LogP contribution >= 0.6 is 0 Å². The Morgan fingerprint density at radius 2 is 1.95 bits per heavy atom. The second-order valence-electron chi connectivity index (χ2n) is 6.03. The minimum absolute atomic E-state index is 0.728. The summed E-state index contributed by atoms with van der Waals surface area (Å²) in [7, 11) is 2.19. The van der Waals surface area contributed by atoms with Crippen molar-refractivity contribution in [2.75, 3.05) is 43.9 Å². The zero-order chi connectivity index (χ0) is 15.1. The van der Waals surface area contributed by atoms with Crippen LogP contribution in [0.1, 0.15) is 38.9 Å². The highest BCUT2D eigenvalue weighted by atomic mass is 15.1. The summed E-state index contributed by atoms with van der Waals surface area (Å²) in [5.74, 6) is 3.57. The van der Waals surface area contributed by atoms with Crippen LogP contribution in [0.5, 0.6) is 0 Å². The maximum atomic E-state index is 4.64. The van der Waals surface area contributed by atoms with Gasteiger partial charge in [-0.25, -0.2) is 9.97 Å². The van der Waals surface area contributed by atoms with E-state index in [1.165, 1.54) is 19.5 Å². The summed E-state index contributed by atoms with van der Waals surface area (Å²) < 4.78 is 0. The molecule has 21 heavy (non-hydrogen) atoms. The molecule has 2 heterocycles. The smallest absolute Gasteiger partial charge is 0.133 e. The highest BCUT2D eigenvalue weighted by Crippen LogP contribution is 2.17. The number of aryl methyl sites for hydroxylation is 1. The van der Waals surface area contributed by atoms with Gasteiger partial charge in [-0.15, -0.1) is 0 Å². The first-order chi connectivity index (χ1) is 10.2. The van der Waals surface area contributed by atoms with Gasteiger partial charge in [-0.2, -0.15) is 0 Å². The highest BCUT2D eigenvalue weighted by Gasteiger charge is 2.19. The standard InChI is InChI=1S/C16H29N5/c1-4-6-14-19-15(17-8-5-2)10-16(20-14)18-11-13-7-9-21(3)12-13/h10,13H,4-9,11-12H2,1-3H3,(H2,17,18,19,20). The van der Waals surface area contributed by atoms with E-state index in [4.69, 9.17) is 0 Å². The number of aromatic nitrogens is 2. The van der Waals surface area contributed by atoms with Crippen molar-refractivity contribution in [1.29, 1.82) is 0 Å². The van der Waals surface area contributed by atoms with Gasteiger partial charge in [0.05, 0.1) is 0 Å². The molecule has 5 heteroatoms. The predicted molar refractivity (Wildman–Crippen MR) is 88.9 cm³/mol. The van der Waals surface area contributed by atoms with Crippen LogP contribution in [0.25, 0.3) is 0 Å². The Bertz CT molecular complexity index is 435. The van der Waals surface area contributed by atoms with E-state index in [-0.39, 0.29) is 0 Å². The van der Waals surface area contributed by atoms with E-state index in [2.05, 4.69) is 46.4 Å². The molecule has 0 amide bonds. The second kappa shape index (κ2) is 8.17. The highest BCUT2D eigenvalue weighted by molar-refractivity contribution is 5.47. The van der Waals surface area contributed by atoms with E-state index in [0.717, 1.165) is 55.7 Å². The topological polar surface area (TPSA) is 53.1 Å². The molecular formula is C16H29N5. The van der Waals surface area contributed by atoms with Gasteiger partial charge in [0, 0.05) is 32.1 Å². The van der Waals surface area contributed by atoms with E-state index in [9.17, 15) is 0 Å². The van der Waals surface area contributed by atoms with Gasteiger partial charge in [0.25, 0.3) is 0 Å². The molecule has 1 fully saturated rings. The molecule has 2 rings (SSSR count). The van der Waals surface area contributed by atoms with Crippen LogP contribution in [0, 0.1) is 5.92 Å². The van der Waals surface area contributed by atoms with E-state index in [1.54, 1.807) is 0 Å². The molecule has 1 unspecified atom stereocenters. The van der Waals surface area contributed by atoms with Gasteiger partial charge in [-0.1, -0.05) is 13.8 Å². The predicted octanol–water partition coefficient (Wildman–Crippen LogP) is 2.61. The third-order valence-electron chi connectivity index (χ3n) is 3.86. The molecule has 0 saturated carbocycles. The van der Waals surface area contributed by atoms with Crippen LogP contribution in [0.15, 0.2) is 6.07 Å². The zero-order valence-electron chi connectivity index (χ0n) is 13.7. The molecule has 0 radical (unpaired) electrons. The van der Waals surface area contributed by atoms with Crippen molar-refractivity contribution in [3.8, 4) is 0 Å². The van der Waals surface area contributed by atoms with Crippen molar-refractivity contribution in [3.63, 3.8) is 0 Å².